The Hall–Kier alpha value is -2.05. The number of anilines is 1. The molecule has 2 heterocycles. The van der Waals surface area contributed by atoms with Gasteiger partial charge in [0.05, 0.1) is 5.25 Å². The first-order valence-electron chi connectivity index (χ1n) is 7.08. The van der Waals surface area contributed by atoms with Crippen molar-refractivity contribution in [3.63, 3.8) is 0 Å². The largest absolute Gasteiger partial charge is 0.325 e. The monoisotopic (exact) mass is 346 g/mol. The number of hydrogen-bond donors (Lipinski definition) is 1. The van der Waals surface area contributed by atoms with Crippen molar-refractivity contribution in [3.05, 3.63) is 53.2 Å². The van der Waals surface area contributed by atoms with Gasteiger partial charge in [0.15, 0.2) is 10.8 Å². The van der Waals surface area contributed by atoms with Crippen LogP contribution < -0.4 is 5.32 Å². The summed E-state index contributed by atoms with van der Waals surface area (Å²) in [7, 11) is 0. The predicted octanol–water partition coefficient (Wildman–Crippen LogP) is 3.81. The minimum atomic E-state index is -0.319. The Morgan fingerprint density at radius 3 is 2.91 bits per heavy atom. The van der Waals surface area contributed by atoms with Crippen LogP contribution in [0, 0.1) is 6.92 Å². The lowest BCUT2D eigenvalue weighted by atomic mass is 10.2. The zero-order chi connectivity index (χ0) is 16.4. The fourth-order valence-electron chi connectivity index (χ4n) is 2.09. The Labute approximate surface area is 143 Å². The molecule has 0 fully saturated rings. The molecule has 1 atom stereocenters. The highest BCUT2D eigenvalue weighted by Crippen LogP contribution is 2.26. The third kappa shape index (κ3) is 3.33. The van der Waals surface area contributed by atoms with Crippen molar-refractivity contribution in [1.29, 1.82) is 0 Å². The van der Waals surface area contributed by atoms with Crippen molar-refractivity contribution >= 4 is 40.6 Å². The number of benzene rings is 1. The summed E-state index contributed by atoms with van der Waals surface area (Å²) in [6.07, 6.45) is 1.88. The lowest BCUT2D eigenvalue weighted by Gasteiger charge is -2.13. The van der Waals surface area contributed by atoms with Gasteiger partial charge in [0.1, 0.15) is 0 Å². The number of rotatable bonds is 4. The maximum atomic E-state index is 12.4. The van der Waals surface area contributed by atoms with E-state index in [1.165, 1.54) is 11.8 Å². The molecule has 0 saturated carbocycles. The second-order valence-electron chi connectivity index (χ2n) is 5.07. The lowest BCUT2D eigenvalue weighted by Crippen LogP contribution is -2.23. The summed E-state index contributed by atoms with van der Waals surface area (Å²) < 4.78 is 1.86. The van der Waals surface area contributed by atoms with Crippen molar-refractivity contribution in [2.45, 2.75) is 24.3 Å². The number of carbonyl (C=O) groups excluding carboxylic acids is 1. The molecule has 0 saturated heterocycles. The fraction of sp³-hybridized carbons (Fsp3) is 0.188. The second kappa shape index (κ2) is 6.60. The van der Waals surface area contributed by atoms with E-state index in [0.29, 0.717) is 10.2 Å². The highest BCUT2D eigenvalue weighted by atomic mass is 35.5. The highest BCUT2D eigenvalue weighted by Gasteiger charge is 2.18. The normalized spacial score (nSPS) is 12.3. The van der Waals surface area contributed by atoms with E-state index in [1.54, 1.807) is 6.07 Å². The number of thioether (sulfide) groups is 1. The van der Waals surface area contributed by atoms with E-state index >= 15 is 0 Å². The number of nitrogens with zero attached hydrogens (tertiary/aromatic N) is 3. The molecule has 2 aromatic heterocycles. The van der Waals surface area contributed by atoms with Crippen LogP contribution in [0.25, 0.3) is 5.65 Å². The molecule has 23 heavy (non-hydrogen) atoms. The summed E-state index contributed by atoms with van der Waals surface area (Å²) in [5.74, 6) is -0.104. The van der Waals surface area contributed by atoms with Gasteiger partial charge in [-0.25, -0.2) is 0 Å². The Kier molecular flexibility index (Phi) is 4.54. The van der Waals surface area contributed by atoms with E-state index in [4.69, 9.17) is 11.6 Å². The number of amides is 1. The highest BCUT2D eigenvalue weighted by molar-refractivity contribution is 8.00. The third-order valence-corrected chi connectivity index (χ3v) is 4.93. The molecule has 1 unspecified atom stereocenters. The van der Waals surface area contributed by atoms with Gasteiger partial charge in [0, 0.05) is 16.9 Å². The first-order chi connectivity index (χ1) is 11.1. The molecule has 0 aliphatic carbocycles. The van der Waals surface area contributed by atoms with Crippen LogP contribution in [0.15, 0.2) is 47.8 Å². The van der Waals surface area contributed by atoms with Crippen LogP contribution >= 0.6 is 23.4 Å². The average Bonchev–Trinajstić information content (AvgIpc) is 2.95. The lowest BCUT2D eigenvalue weighted by molar-refractivity contribution is -0.115. The standard InChI is InChI=1S/C16H15ClN4OS/c1-10-12(17)6-5-7-13(10)18-15(22)11(2)23-16-20-19-14-8-3-4-9-21(14)16/h3-9,11H,1-2H3,(H,18,22). The number of aromatic nitrogens is 3. The number of carbonyl (C=O) groups is 1. The number of halogens is 1. The van der Waals surface area contributed by atoms with Crippen LogP contribution in [-0.4, -0.2) is 25.8 Å². The predicted molar refractivity (Wildman–Crippen MR) is 93.1 cm³/mol. The molecule has 3 rings (SSSR count). The van der Waals surface area contributed by atoms with Gasteiger partial charge in [-0.3, -0.25) is 9.20 Å². The van der Waals surface area contributed by atoms with Gasteiger partial charge in [-0.05, 0) is 43.7 Å². The van der Waals surface area contributed by atoms with Gasteiger partial charge in [0.25, 0.3) is 0 Å². The van der Waals surface area contributed by atoms with E-state index < -0.39 is 0 Å². The van der Waals surface area contributed by atoms with Crippen LogP contribution in [0.1, 0.15) is 12.5 Å². The quantitative estimate of drug-likeness (QED) is 0.730. The Balaban J connectivity index is 1.74. The van der Waals surface area contributed by atoms with Crippen molar-refractivity contribution in [3.8, 4) is 0 Å². The fourth-order valence-corrected chi connectivity index (χ4v) is 3.10. The van der Waals surface area contributed by atoms with E-state index in [-0.39, 0.29) is 11.2 Å². The number of fused-ring (bicyclic) bond motifs is 1. The summed E-state index contributed by atoms with van der Waals surface area (Å²) >= 11 is 7.44. The van der Waals surface area contributed by atoms with Crippen molar-refractivity contribution in [1.82, 2.24) is 14.6 Å². The molecule has 0 aliphatic rings. The average molecular weight is 347 g/mol. The molecule has 7 heteroatoms. The molecular weight excluding hydrogens is 332 g/mol. The molecule has 5 nitrogen and oxygen atoms in total. The molecule has 3 aromatic rings. The smallest absolute Gasteiger partial charge is 0.237 e. The Bertz CT molecular complexity index is 864. The number of pyridine rings is 1. The van der Waals surface area contributed by atoms with Gasteiger partial charge in [-0.15, -0.1) is 10.2 Å². The summed E-state index contributed by atoms with van der Waals surface area (Å²) in [5.41, 5.74) is 2.34. The molecule has 1 aromatic carbocycles. The van der Waals surface area contributed by atoms with Crippen LogP contribution in [-0.2, 0) is 4.79 Å². The van der Waals surface area contributed by atoms with Crippen LogP contribution in [0.3, 0.4) is 0 Å². The zero-order valence-corrected chi connectivity index (χ0v) is 14.2. The van der Waals surface area contributed by atoms with Crippen molar-refractivity contribution in [2.75, 3.05) is 5.32 Å². The zero-order valence-electron chi connectivity index (χ0n) is 12.7. The molecule has 1 N–H and O–H groups in total. The first-order valence-corrected chi connectivity index (χ1v) is 8.34. The topological polar surface area (TPSA) is 59.3 Å². The SMILES string of the molecule is Cc1c(Cl)cccc1NC(=O)C(C)Sc1nnc2ccccn12. The van der Waals surface area contributed by atoms with Gasteiger partial charge in [-0.1, -0.05) is 35.5 Å². The number of nitrogens with one attached hydrogen (secondary N) is 1. The van der Waals surface area contributed by atoms with Gasteiger partial charge < -0.3 is 5.32 Å². The second-order valence-corrected chi connectivity index (χ2v) is 6.79. The molecule has 0 radical (unpaired) electrons. The van der Waals surface area contributed by atoms with Crippen LogP contribution in [0.4, 0.5) is 5.69 Å². The summed E-state index contributed by atoms with van der Waals surface area (Å²) in [6.45, 7) is 3.71. The third-order valence-electron chi connectivity index (χ3n) is 3.46. The Morgan fingerprint density at radius 1 is 1.26 bits per heavy atom. The maximum Gasteiger partial charge on any atom is 0.237 e. The summed E-state index contributed by atoms with van der Waals surface area (Å²) in [6, 6.07) is 11.1. The summed E-state index contributed by atoms with van der Waals surface area (Å²) in [5, 5.41) is 12.1. The summed E-state index contributed by atoms with van der Waals surface area (Å²) in [4.78, 5) is 12.4. The van der Waals surface area contributed by atoms with Crippen LogP contribution in [0.2, 0.25) is 5.02 Å². The van der Waals surface area contributed by atoms with E-state index in [0.717, 1.165) is 16.9 Å². The minimum Gasteiger partial charge on any atom is -0.325 e. The molecule has 0 spiro atoms. The molecule has 0 bridgehead atoms. The van der Waals surface area contributed by atoms with Crippen molar-refractivity contribution < 1.29 is 4.79 Å². The van der Waals surface area contributed by atoms with Gasteiger partial charge in [-0.2, -0.15) is 0 Å². The molecular formula is C16H15ClN4OS. The molecule has 0 aliphatic heterocycles. The van der Waals surface area contributed by atoms with Gasteiger partial charge in [0.2, 0.25) is 5.91 Å². The van der Waals surface area contributed by atoms with Gasteiger partial charge >= 0.3 is 0 Å². The van der Waals surface area contributed by atoms with E-state index in [1.807, 2.05) is 54.8 Å². The Morgan fingerprint density at radius 2 is 2.09 bits per heavy atom. The van der Waals surface area contributed by atoms with E-state index in [2.05, 4.69) is 15.5 Å². The van der Waals surface area contributed by atoms with Crippen molar-refractivity contribution in [2.24, 2.45) is 0 Å². The van der Waals surface area contributed by atoms with Crippen LogP contribution in [0.5, 0.6) is 0 Å². The maximum absolute atomic E-state index is 12.4. The minimum absolute atomic E-state index is 0.104. The molecule has 118 valence electrons. The molecule has 1 amide bonds. The first kappa shape index (κ1) is 15.8. The number of hydrogen-bond acceptors (Lipinski definition) is 4. The van der Waals surface area contributed by atoms with E-state index in [9.17, 15) is 4.79 Å².